The molecule has 0 amide bonds. The summed E-state index contributed by atoms with van der Waals surface area (Å²) >= 11 is 5.79. The molecule has 1 unspecified atom stereocenters. The van der Waals surface area contributed by atoms with Gasteiger partial charge in [-0.25, -0.2) is 0 Å². The molecule has 0 aliphatic carbocycles. The third kappa shape index (κ3) is 3.48. The second-order valence-corrected chi connectivity index (χ2v) is 5.06. The molecule has 4 N–H and O–H groups in total. The van der Waals surface area contributed by atoms with Crippen LogP contribution in [0, 0.1) is 0 Å². The topological polar surface area (TPSA) is 99.4 Å². The van der Waals surface area contributed by atoms with Gasteiger partial charge in [0.25, 0.3) is 0 Å². The molecule has 1 saturated heterocycles. The molecule has 112 valence electrons. The standard InChI is InChI=1S/C13H17ClO6/c14-8-3-1-7(2-4-8)13-19-6-10(17)12(20-13)11(18)9(16)5-15/h1-4,9-13,15-18H,5-6H2/t9-,10+,11-,12-,13?/m0/s1. The third-order valence-electron chi connectivity index (χ3n) is 3.14. The summed E-state index contributed by atoms with van der Waals surface area (Å²) in [6.07, 6.45) is -5.71. The molecule has 1 fully saturated rings. The van der Waals surface area contributed by atoms with Gasteiger partial charge >= 0.3 is 0 Å². The van der Waals surface area contributed by atoms with Crippen LogP contribution < -0.4 is 0 Å². The fourth-order valence-corrected chi connectivity index (χ4v) is 2.11. The van der Waals surface area contributed by atoms with Crippen molar-refractivity contribution < 1.29 is 29.9 Å². The van der Waals surface area contributed by atoms with E-state index in [9.17, 15) is 15.3 Å². The molecule has 0 spiro atoms. The Morgan fingerprint density at radius 2 is 1.90 bits per heavy atom. The molecule has 7 heteroatoms. The van der Waals surface area contributed by atoms with Crippen LogP contribution in [-0.4, -0.2) is 58.1 Å². The summed E-state index contributed by atoms with van der Waals surface area (Å²) in [5.41, 5.74) is 0.678. The van der Waals surface area contributed by atoms with E-state index in [2.05, 4.69) is 0 Å². The highest BCUT2D eigenvalue weighted by Gasteiger charge is 2.39. The first-order valence-corrected chi connectivity index (χ1v) is 6.58. The SMILES string of the molecule is OC[C@H](O)[C@H](O)[C@H]1OC(c2ccc(Cl)cc2)OC[C@H]1O. The van der Waals surface area contributed by atoms with E-state index in [1.165, 1.54) is 0 Å². The minimum absolute atomic E-state index is 0.0484. The highest BCUT2D eigenvalue weighted by molar-refractivity contribution is 6.30. The summed E-state index contributed by atoms with van der Waals surface area (Å²) in [6.45, 7) is -0.673. The Bertz CT molecular complexity index is 425. The molecular weight excluding hydrogens is 288 g/mol. The van der Waals surface area contributed by atoms with Gasteiger partial charge in [0.1, 0.15) is 24.4 Å². The van der Waals surface area contributed by atoms with Crippen LogP contribution in [0.25, 0.3) is 0 Å². The Balaban J connectivity index is 2.09. The van der Waals surface area contributed by atoms with Crippen LogP contribution in [0.3, 0.4) is 0 Å². The van der Waals surface area contributed by atoms with Crippen molar-refractivity contribution in [1.82, 2.24) is 0 Å². The van der Waals surface area contributed by atoms with Crippen molar-refractivity contribution in [3.63, 3.8) is 0 Å². The zero-order valence-electron chi connectivity index (χ0n) is 10.6. The van der Waals surface area contributed by atoms with Crippen LogP contribution in [-0.2, 0) is 9.47 Å². The second-order valence-electron chi connectivity index (χ2n) is 4.63. The molecule has 1 heterocycles. The van der Waals surface area contributed by atoms with Gasteiger partial charge < -0.3 is 29.9 Å². The van der Waals surface area contributed by atoms with Crippen LogP contribution in [0.1, 0.15) is 11.9 Å². The fraction of sp³-hybridized carbons (Fsp3) is 0.538. The maximum atomic E-state index is 9.85. The van der Waals surface area contributed by atoms with E-state index in [0.717, 1.165) is 0 Å². The van der Waals surface area contributed by atoms with Crippen LogP contribution in [0.2, 0.25) is 5.02 Å². The summed E-state index contributed by atoms with van der Waals surface area (Å²) in [5.74, 6) is 0. The smallest absolute Gasteiger partial charge is 0.184 e. The minimum Gasteiger partial charge on any atom is -0.394 e. The van der Waals surface area contributed by atoms with Crippen molar-refractivity contribution in [1.29, 1.82) is 0 Å². The Hall–Kier alpha value is -0.730. The normalized spacial score (nSPS) is 29.9. The maximum absolute atomic E-state index is 9.85. The molecule has 2 rings (SSSR count). The average molecular weight is 305 g/mol. The van der Waals surface area contributed by atoms with E-state index < -0.39 is 37.3 Å². The fourth-order valence-electron chi connectivity index (χ4n) is 1.98. The second kappa shape index (κ2) is 6.82. The zero-order chi connectivity index (χ0) is 14.7. The van der Waals surface area contributed by atoms with E-state index in [4.69, 9.17) is 26.2 Å². The number of aliphatic hydroxyl groups excluding tert-OH is 4. The summed E-state index contributed by atoms with van der Waals surface area (Å²) < 4.78 is 10.8. The van der Waals surface area contributed by atoms with Crippen LogP contribution >= 0.6 is 11.6 Å². The number of benzene rings is 1. The van der Waals surface area contributed by atoms with Gasteiger partial charge in [-0.05, 0) is 12.1 Å². The lowest BCUT2D eigenvalue weighted by Crippen LogP contribution is -2.52. The van der Waals surface area contributed by atoms with E-state index in [1.54, 1.807) is 24.3 Å². The maximum Gasteiger partial charge on any atom is 0.184 e. The van der Waals surface area contributed by atoms with Crippen molar-refractivity contribution in [3.05, 3.63) is 34.9 Å². The molecule has 5 atom stereocenters. The molecule has 0 saturated carbocycles. The van der Waals surface area contributed by atoms with Gasteiger partial charge in [0.05, 0.1) is 13.2 Å². The van der Waals surface area contributed by atoms with Crippen molar-refractivity contribution in [3.8, 4) is 0 Å². The van der Waals surface area contributed by atoms with Crippen LogP contribution in [0.15, 0.2) is 24.3 Å². The largest absolute Gasteiger partial charge is 0.394 e. The highest BCUT2D eigenvalue weighted by Crippen LogP contribution is 2.29. The Morgan fingerprint density at radius 1 is 1.25 bits per heavy atom. The lowest BCUT2D eigenvalue weighted by molar-refractivity contribution is -0.284. The van der Waals surface area contributed by atoms with Gasteiger partial charge in [-0.15, -0.1) is 0 Å². The molecule has 1 aliphatic heterocycles. The molecule has 6 nitrogen and oxygen atoms in total. The number of rotatable bonds is 4. The van der Waals surface area contributed by atoms with E-state index >= 15 is 0 Å². The summed E-state index contributed by atoms with van der Waals surface area (Å²) in [4.78, 5) is 0. The Kier molecular flexibility index (Phi) is 5.34. The van der Waals surface area contributed by atoms with Gasteiger partial charge in [0, 0.05) is 10.6 Å². The number of hydrogen-bond acceptors (Lipinski definition) is 6. The predicted molar refractivity (Wildman–Crippen MR) is 70.1 cm³/mol. The van der Waals surface area contributed by atoms with Crippen molar-refractivity contribution in [2.45, 2.75) is 30.7 Å². The van der Waals surface area contributed by atoms with E-state index in [0.29, 0.717) is 10.6 Å². The van der Waals surface area contributed by atoms with Gasteiger partial charge in [0.15, 0.2) is 6.29 Å². The molecule has 1 aliphatic rings. The first-order valence-electron chi connectivity index (χ1n) is 6.20. The number of halogens is 1. The van der Waals surface area contributed by atoms with Crippen LogP contribution in [0.5, 0.6) is 0 Å². The Morgan fingerprint density at radius 3 is 2.50 bits per heavy atom. The Labute approximate surface area is 121 Å². The average Bonchev–Trinajstić information content (AvgIpc) is 2.47. The monoisotopic (exact) mass is 304 g/mol. The summed E-state index contributed by atoms with van der Waals surface area (Å²) in [5, 5.41) is 38.5. The first-order chi connectivity index (χ1) is 9.52. The lowest BCUT2D eigenvalue weighted by Gasteiger charge is -2.37. The summed E-state index contributed by atoms with van der Waals surface area (Å²) in [7, 11) is 0. The molecule has 1 aromatic rings. The quantitative estimate of drug-likeness (QED) is 0.616. The molecule has 20 heavy (non-hydrogen) atoms. The van der Waals surface area contributed by atoms with Crippen molar-refractivity contribution >= 4 is 11.6 Å². The minimum atomic E-state index is -1.41. The third-order valence-corrected chi connectivity index (χ3v) is 3.39. The zero-order valence-corrected chi connectivity index (χ0v) is 11.3. The number of ether oxygens (including phenoxy) is 2. The lowest BCUT2D eigenvalue weighted by atomic mass is 10.0. The predicted octanol–water partition coefficient (Wildman–Crippen LogP) is -0.171. The molecular formula is C13H17ClO6. The number of aliphatic hydroxyl groups is 4. The number of hydrogen-bond donors (Lipinski definition) is 4. The van der Waals surface area contributed by atoms with Gasteiger partial charge in [0.2, 0.25) is 0 Å². The van der Waals surface area contributed by atoms with Crippen molar-refractivity contribution in [2.75, 3.05) is 13.2 Å². The first kappa shape index (κ1) is 15.7. The van der Waals surface area contributed by atoms with Crippen molar-refractivity contribution in [2.24, 2.45) is 0 Å². The molecule has 0 bridgehead atoms. The highest BCUT2D eigenvalue weighted by atomic mass is 35.5. The van der Waals surface area contributed by atoms with Crippen LogP contribution in [0.4, 0.5) is 0 Å². The van der Waals surface area contributed by atoms with E-state index in [-0.39, 0.29) is 6.61 Å². The summed E-state index contributed by atoms with van der Waals surface area (Å²) in [6, 6.07) is 6.75. The van der Waals surface area contributed by atoms with Gasteiger partial charge in [-0.2, -0.15) is 0 Å². The molecule has 0 aromatic heterocycles. The molecule has 1 aromatic carbocycles. The molecule has 0 radical (unpaired) electrons. The van der Waals surface area contributed by atoms with E-state index in [1.807, 2.05) is 0 Å². The van der Waals surface area contributed by atoms with Gasteiger partial charge in [-0.3, -0.25) is 0 Å². The van der Waals surface area contributed by atoms with Gasteiger partial charge in [-0.1, -0.05) is 23.7 Å².